The van der Waals surface area contributed by atoms with Gasteiger partial charge in [0.2, 0.25) is 0 Å². The van der Waals surface area contributed by atoms with Crippen LogP contribution < -0.4 is 5.32 Å². The van der Waals surface area contributed by atoms with Gasteiger partial charge in [-0.1, -0.05) is 6.92 Å². The van der Waals surface area contributed by atoms with Gasteiger partial charge in [-0.25, -0.2) is 0 Å². The molecule has 2 heterocycles. The number of ether oxygens (including phenoxy) is 1. The largest absolute Gasteiger partial charge is 0.381 e. The lowest BCUT2D eigenvalue weighted by atomic mass is 10.0. The molecule has 3 heteroatoms. The average molecular weight is 226 g/mol. The Balaban J connectivity index is 1.68. The highest BCUT2D eigenvalue weighted by molar-refractivity contribution is 4.80. The highest BCUT2D eigenvalue weighted by atomic mass is 16.5. The van der Waals surface area contributed by atoms with E-state index in [4.69, 9.17) is 4.74 Å². The maximum absolute atomic E-state index is 5.45. The van der Waals surface area contributed by atoms with Crippen LogP contribution in [-0.2, 0) is 4.74 Å². The standard InChI is InChI=1S/C13H26N2O/c1-2-6-14-13-4-3-7-15(10-13)9-12-5-8-16-11-12/h12-14H,2-11H2,1H3. The molecule has 0 bridgehead atoms. The number of rotatable bonds is 5. The SMILES string of the molecule is CCCNC1CCCN(CC2CCOC2)C1. The fraction of sp³-hybridized carbons (Fsp3) is 1.00. The normalized spacial score (nSPS) is 32.1. The van der Waals surface area contributed by atoms with Crippen molar-refractivity contribution >= 4 is 0 Å². The second-order valence-electron chi connectivity index (χ2n) is 5.28. The highest BCUT2D eigenvalue weighted by Crippen LogP contribution is 2.17. The van der Waals surface area contributed by atoms with Gasteiger partial charge in [-0.2, -0.15) is 0 Å². The Morgan fingerprint density at radius 3 is 3.06 bits per heavy atom. The van der Waals surface area contributed by atoms with Crippen LogP contribution in [0.1, 0.15) is 32.6 Å². The molecule has 0 aromatic heterocycles. The van der Waals surface area contributed by atoms with Crippen LogP contribution in [-0.4, -0.2) is 50.3 Å². The van der Waals surface area contributed by atoms with Crippen LogP contribution in [0.2, 0.25) is 0 Å². The van der Waals surface area contributed by atoms with Crippen LogP contribution in [0.3, 0.4) is 0 Å². The van der Waals surface area contributed by atoms with Gasteiger partial charge >= 0.3 is 0 Å². The molecule has 0 aliphatic carbocycles. The van der Waals surface area contributed by atoms with Crippen molar-refractivity contribution in [3.8, 4) is 0 Å². The van der Waals surface area contributed by atoms with Gasteiger partial charge in [0.05, 0.1) is 6.61 Å². The molecule has 0 radical (unpaired) electrons. The topological polar surface area (TPSA) is 24.5 Å². The lowest BCUT2D eigenvalue weighted by Gasteiger charge is -2.34. The summed E-state index contributed by atoms with van der Waals surface area (Å²) >= 11 is 0. The average Bonchev–Trinajstić information content (AvgIpc) is 2.80. The predicted molar refractivity (Wildman–Crippen MR) is 66.7 cm³/mol. The first-order valence-electron chi connectivity index (χ1n) is 6.92. The quantitative estimate of drug-likeness (QED) is 0.768. The van der Waals surface area contributed by atoms with Gasteiger partial charge in [-0.3, -0.25) is 0 Å². The third-order valence-electron chi connectivity index (χ3n) is 3.73. The Kier molecular flexibility index (Phi) is 5.07. The van der Waals surface area contributed by atoms with Crippen LogP contribution in [0.5, 0.6) is 0 Å². The molecule has 2 fully saturated rings. The molecule has 2 rings (SSSR count). The Morgan fingerprint density at radius 1 is 1.38 bits per heavy atom. The van der Waals surface area contributed by atoms with E-state index in [-0.39, 0.29) is 0 Å². The fourth-order valence-electron chi connectivity index (χ4n) is 2.83. The summed E-state index contributed by atoms with van der Waals surface area (Å²) in [5, 5.41) is 3.65. The van der Waals surface area contributed by atoms with Gasteiger partial charge in [0, 0.05) is 25.7 Å². The number of nitrogens with one attached hydrogen (secondary N) is 1. The molecule has 1 N–H and O–H groups in total. The molecule has 0 aromatic carbocycles. The van der Waals surface area contributed by atoms with Gasteiger partial charge in [-0.15, -0.1) is 0 Å². The van der Waals surface area contributed by atoms with E-state index in [0.717, 1.165) is 25.2 Å². The number of hydrogen-bond donors (Lipinski definition) is 1. The number of nitrogens with zero attached hydrogens (tertiary/aromatic N) is 1. The van der Waals surface area contributed by atoms with E-state index in [1.807, 2.05) is 0 Å². The summed E-state index contributed by atoms with van der Waals surface area (Å²) in [6.07, 6.45) is 5.23. The zero-order chi connectivity index (χ0) is 11.2. The smallest absolute Gasteiger partial charge is 0.0507 e. The Labute approximate surface area is 99.5 Å². The summed E-state index contributed by atoms with van der Waals surface area (Å²) in [4.78, 5) is 2.64. The van der Waals surface area contributed by atoms with Gasteiger partial charge in [0.15, 0.2) is 0 Å². The van der Waals surface area contributed by atoms with E-state index < -0.39 is 0 Å². The summed E-state index contributed by atoms with van der Waals surface area (Å²) < 4.78 is 5.45. The summed E-state index contributed by atoms with van der Waals surface area (Å²) in [6, 6.07) is 0.732. The van der Waals surface area contributed by atoms with Crippen molar-refractivity contribution in [1.82, 2.24) is 10.2 Å². The number of piperidine rings is 1. The minimum absolute atomic E-state index is 0.732. The first-order valence-corrected chi connectivity index (χ1v) is 6.92. The minimum Gasteiger partial charge on any atom is -0.381 e. The molecule has 16 heavy (non-hydrogen) atoms. The van der Waals surface area contributed by atoms with Crippen LogP contribution in [0.4, 0.5) is 0 Å². The van der Waals surface area contributed by atoms with E-state index in [9.17, 15) is 0 Å². The van der Waals surface area contributed by atoms with E-state index in [2.05, 4.69) is 17.1 Å². The number of likely N-dealkylation sites (tertiary alicyclic amines) is 1. The molecule has 0 amide bonds. The van der Waals surface area contributed by atoms with E-state index in [1.54, 1.807) is 0 Å². The molecule has 2 unspecified atom stereocenters. The summed E-state index contributed by atoms with van der Waals surface area (Å²) in [7, 11) is 0. The summed E-state index contributed by atoms with van der Waals surface area (Å²) in [6.45, 7) is 9.18. The molecule has 2 atom stereocenters. The monoisotopic (exact) mass is 226 g/mol. The first-order chi connectivity index (χ1) is 7.88. The van der Waals surface area contributed by atoms with Crippen LogP contribution in [0, 0.1) is 5.92 Å². The van der Waals surface area contributed by atoms with Crippen molar-refractivity contribution in [3.63, 3.8) is 0 Å². The zero-order valence-electron chi connectivity index (χ0n) is 10.6. The Morgan fingerprint density at radius 2 is 2.31 bits per heavy atom. The molecule has 2 aliphatic heterocycles. The Bertz CT molecular complexity index is 192. The van der Waals surface area contributed by atoms with E-state index >= 15 is 0 Å². The maximum Gasteiger partial charge on any atom is 0.0507 e. The minimum atomic E-state index is 0.732. The summed E-state index contributed by atoms with van der Waals surface area (Å²) in [5.74, 6) is 0.796. The van der Waals surface area contributed by atoms with Crippen molar-refractivity contribution < 1.29 is 4.74 Å². The molecule has 0 aromatic rings. The molecule has 0 saturated carbocycles. The van der Waals surface area contributed by atoms with Crippen molar-refractivity contribution in [3.05, 3.63) is 0 Å². The number of hydrogen-bond acceptors (Lipinski definition) is 3. The molecule has 2 saturated heterocycles. The van der Waals surface area contributed by atoms with E-state index in [1.165, 1.54) is 51.9 Å². The van der Waals surface area contributed by atoms with Gasteiger partial charge in [0.25, 0.3) is 0 Å². The lowest BCUT2D eigenvalue weighted by Crippen LogP contribution is -2.47. The first kappa shape index (κ1) is 12.3. The predicted octanol–water partition coefficient (Wildman–Crippen LogP) is 1.49. The van der Waals surface area contributed by atoms with E-state index in [0.29, 0.717) is 0 Å². The van der Waals surface area contributed by atoms with Crippen molar-refractivity contribution in [2.24, 2.45) is 5.92 Å². The second-order valence-corrected chi connectivity index (χ2v) is 5.28. The lowest BCUT2D eigenvalue weighted by molar-refractivity contribution is 0.144. The highest BCUT2D eigenvalue weighted by Gasteiger charge is 2.23. The molecular formula is C13H26N2O. The third kappa shape index (κ3) is 3.72. The van der Waals surface area contributed by atoms with Gasteiger partial charge < -0.3 is 15.0 Å². The van der Waals surface area contributed by atoms with Crippen LogP contribution >= 0.6 is 0 Å². The zero-order valence-corrected chi connectivity index (χ0v) is 10.6. The maximum atomic E-state index is 5.45. The van der Waals surface area contributed by atoms with Crippen LogP contribution in [0.25, 0.3) is 0 Å². The van der Waals surface area contributed by atoms with Crippen molar-refractivity contribution in [2.45, 2.75) is 38.6 Å². The fourth-order valence-corrected chi connectivity index (χ4v) is 2.83. The molecular weight excluding hydrogens is 200 g/mol. The molecule has 2 aliphatic rings. The second kappa shape index (κ2) is 6.58. The van der Waals surface area contributed by atoms with Gasteiger partial charge in [0.1, 0.15) is 0 Å². The van der Waals surface area contributed by atoms with Crippen molar-refractivity contribution in [2.75, 3.05) is 39.4 Å². The van der Waals surface area contributed by atoms with Crippen LogP contribution in [0.15, 0.2) is 0 Å². The molecule has 3 nitrogen and oxygen atoms in total. The third-order valence-corrected chi connectivity index (χ3v) is 3.73. The molecule has 94 valence electrons. The van der Waals surface area contributed by atoms with Crippen molar-refractivity contribution in [1.29, 1.82) is 0 Å². The molecule has 0 spiro atoms. The summed E-state index contributed by atoms with van der Waals surface area (Å²) in [5.41, 5.74) is 0. The van der Waals surface area contributed by atoms with Gasteiger partial charge in [-0.05, 0) is 44.7 Å². The Hall–Kier alpha value is -0.120.